The van der Waals surface area contributed by atoms with E-state index in [1.807, 2.05) is 4.90 Å². The molecule has 2 aliphatic heterocycles. The smallest absolute Gasteiger partial charge is 0.236 e. The van der Waals surface area contributed by atoms with E-state index in [0.717, 1.165) is 52.2 Å². The molecule has 5 heteroatoms. The number of likely N-dealkylation sites (tertiary alicyclic amines) is 1. The molecule has 0 aromatic rings. The second-order valence-corrected chi connectivity index (χ2v) is 7.19. The molecule has 2 heterocycles. The Morgan fingerprint density at radius 2 is 1.60 bits per heavy atom. The highest BCUT2D eigenvalue weighted by molar-refractivity contribution is 5.78. The summed E-state index contributed by atoms with van der Waals surface area (Å²) in [5.41, 5.74) is -0.0649. The van der Waals surface area contributed by atoms with Crippen LogP contribution in [0.25, 0.3) is 0 Å². The van der Waals surface area contributed by atoms with Crippen LogP contribution >= 0.6 is 0 Å². The molecule has 0 aliphatic carbocycles. The maximum atomic E-state index is 11.9. The van der Waals surface area contributed by atoms with Crippen molar-refractivity contribution in [3.05, 3.63) is 0 Å². The van der Waals surface area contributed by atoms with Crippen molar-refractivity contribution in [3.63, 3.8) is 0 Å². The summed E-state index contributed by atoms with van der Waals surface area (Å²) in [7, 11) is 0. The second kappa shape index (κ2) is 6.41. The van der Waals surface area contributed by atoms with E-state index in [-0.39, 0.29) is 17.4 Å². The van der Waals surface area contributed by atoms with E-state index in [2.05, 4.69) is 30.6 Å². The fourth-order valence-corrected chi connectivity index (χ4v) is 2.51. The number of hydrogen-bond donors (Lipinski definition) is 1. The zero-order chi connectivity index (χ0) is 14.8. The Kier molecular flexibility index (Phi) is 5.04. The standard InChI is InChI=1S/C15H29N3O2/c1-15(2,3)13(19)11-16-7-9-17(10-8-16)12-14(20)18-5-4-6-18/h13,19H,4-12H2,1-3H3. The SMILES string of the molecule is CC(C)(C)C(O)CN1CCN(CC(=O)N2CCC2)CC1. The van der Waals surface area contributed by atoms with E-state index in [1.54, 1.807) is 0 Å². The number of carbonyl (C=O) groups is 1. The Hall–Kier alpha value is -0.650. The summed E-state index contributed by atoms with van der Waals surface area (Å²) in [5.74, 6) is 0.277. The Morgan fingerprint density at radius 3 is 2.05 bits per heavy atom. The van der Waals surface area contributed by atoms with Gasteiger partial charge < -0.3 is 10.0 Å². The lowest BCUT2D eigenvalue weighted by atomic mass is 9.89. The fraction of sp³-hybridized carbons (Fsp3) is 0.933. The van der Waals surface area contributed by atoms with E-state index < -0.39 is 0 Å². The van der Waals surface area contributed by atoms with Gasteiger partial charge in [-0.15, -0.1) is 0 Å². The summed E-state index contributed by atoms with van der Waals surface area (Å²) in [6, 6.07) is 0. The molecule has 2 rings (SSSR count). The highest BCUT2D eigenvalue weighted by Crippen LogP contribution is 2.20. The van der Waals surface area contributed by atoms with Crippen LogP contribution in [0.4, 0.5) is 0 Å². The van der Waals surface area contributed by atoms with Crippen LogP contribution in [-0.2, 0) is 4.79 Å². The number of aliphatic hydroxyl groups excluding tert-OH is 1. The van der Waals surface area contributed by atoms with E-state index in [9.17, 15) is 9.90 Å². The summed E-state index contributed by atoms with van der Waals surface area (Å²) in [4.78, 5) is 18.4. The Bertz CT molecular complexity index is 329. The number of nitrogens with zero attached hydrogens (tertiary/aromatic N) is 3. The molecule has 20 heavy (non-hydrogen) atoms. The average molecular weight is 283 g/mol. The predicted molar refractivity (Wildman–Crippen MR) is 79.5 cm³/mol. The number of β-amino-alcohol motifs (C(OH)–C–C–N with tert-alkyl or cyclic N) is 1. The molecule has 116 valence electrons. The molecule has 1 amide bonds. The highest BCUT2D eigenvalue weighted by Gasteiger charge is 2.28. The maximum absolute atomic E-state index is 11.9. The molecule has 0 bridgehead atoms. The van der Waals surface area contributed by atoms with Gasteiger partial charge in [-0.3, -0.25) is 14.6 Å². The fourth-order valence-electron chi connectivity index (χ4n) is 2.51. The second-order valence-electron chi connectivity index (χ2n) is 7.19. The van der Waals surface area contributed by atoms with Crippen molar-refractivity contribution in [3.8, 4) is 0 Å². The lowest BCUT2D eigenvalue weighted by Gasteiger charge is -2.39. The lowest BCUT2D eigenvalue weighted by molar-refractivity contribution is -0.136. The van der Waals surface area contributed by atoms with Crippen LogP contribution in [-0.4, -0.2) is 84.2 Å². The van der Waals surface area contributed by atoms with E-state index >= 15 is 0 Å². The lowest BCUT2D eigenvalue weighted by Crippen LogP contribution is -2.53. The minimum absolute atomic E-state index is 0.0649. The first-order chi connectivity index (χ1) is 9.36. The number of amides is 1. The van der Waals surface area contributed by atoms with Gasteiger partial charge in [0.2, 0.25) is 5.91 Å². The molecule has 2 aliphatic rings. The van der Waals surface area contributed by atoms with Crippen LogP contribution < -0.4 is 0 Å². The van der Waals surface area contributed by atoms with Crippen LogP contribution in [0.2, 0.25) is 0 Å². The summed E-state index contributed by atoms with van der Waals surface area (Å²) in [5, 5.41) is 10.1. The Labute approximate surface area is 122 Å². The molecular weight excluding hydrogens is 254 g/mol. The van der Waals surface area contributed by atoms with E-state index in [4.69, 9.17) is 0 Å². The minimum Gasteiger partial charge on any atom is -0.391 e. The zero-order valence-corrected chi connectivity index (χ0v) is 13.1. The first-order valence-corrected chi connectivity index (χ1v) is 7.77. The molecule has 0 saturated carbocycles. The van der Waals surface area contributed by atoms with Crippen molar-refractivity contribution in [2.45, 2.75) is 33.3 Å². The third-order valence-corrected chi connectivity index (χ3v) is 4.46. The quantitative estimate of drug-likeness (QED) is 0.803. The normalized spacial score (nSPS) is 23.5. The predicted octanol–water partition coefficient (Wildman–Crippen LogP) is 0.243. The number of hydrogen-bond acceptors (Lipinski definition) is 4. The van der Waals surface area contributed by atoms with Gasteiger partial charge in [-0.1, -0.05) is 20.8 Å². The first-order valence-electron chi connectivity index (χ1n) is 7.77. The summed E-state index contributed by atoms with van der Waals surface area (Å²) < 4.78 is 0. The largest absolute Gasteiger partial charge is 0.391 e. The molecule has 0 aromatic carbocycles. The molecular formula is C15H29N3O2. The third-order valence-electron chi connectivity index (χ3n) is 4.46. The van der Waals surface area contributed by atoms with Gasteiger partial charge in [-0.25, -0.2) is 0 Å². The van der Waals surface area contributed by atoms with Crippen LogP contribution in [0.15, 0.2) is 0 Å². The summed E-state index contributed by atoms with van der Waals surface area (Å²) in [6.07, 6.45) is 0.862. The number of rotatable bonds is 4. The monoisotopic (exact) mass is 283 g/mol. The van der Waals surface area contributed by atoms with Crippen molar-refractivity contribution in [1.29, 1.82) is 0 Å². The first kappa shape index (κ1) is 15.7. The molecule has 1 atom stereocenters. The Morgan fingerprint density at radius 1 is 1.05 bits per heavy atom. The van der Waals surface area contributed by atoms with Crippen LogP contribution in [0.3, 0.4) is 0 Å². The maximum Gasteiger partial charge on any atom is 0.236 e. The van der Waals surface area contributed by atoms with Gasteiger partial charge in [0.15, 0.2) is 0 Å². The van der Waals surface area contributed by atoms with Crippen LogP contribution in [0.5, 0.6) is 0 Å². The van der Waals surface area contributed by atoms with Crippen molar-refractivity contribution in [1.82, 2.24) is 14.7 Å². The third kappa shape index (κ3) is 4.17. The molecule has 1 unspecified atom stereocenters. The summed E-state index contributed by atoms with van der Waals surface area (Å²) in [6.45, 7) is 13.1. The summed E-state index contributed by atoms with van der Waals surface area (Å²) >= 11 is 0. The molecule has 2 saturated heterocycles. The minimum atomic E-state index is -0.295. The molecule has 5 nitrogen and oxygen atoms in total. The average Bonchev–Trinajstić information content (AvgIpc) is 2.28. The highest BCUT2D eigenvalue weighted by atomic mass is 16.3. The molecule has 2 fully saturated rings. The van der Waals surface area contributed by atoms with Crippen LogP contribution in [0.1, 0.15) is 27.2 Å². The van der Waals surface area contributed by atoms with E-state index in [1.165, 1.54) is 0 Å². The molecule has 0 radical (unpaired) electrons. The van der Waals surface area contributed by atoms with Gasteiger partial charge in [0, 0.05) is 45.8 Å². The van der Waals surface area contributed by atoms with Gasteiger partial charge in [-0.2, -0.15) is 0 Å². The number of carbonyl (C=O) groups excluding carboxylic acids is 1. The van der Waals surface area contributed by atoms with Crippen molar-refractivity contribution in [2.24, 2.45) is 5.41 Å². The van der Waals surface area contributed by atoms with Gasteiger partial charge >= 0.3 is 0 Å². The van der Waals surface area contributed by atoms with Crippen molar-refractivity contribution < 1.29 is 9.90 Å². The van der Waals surface area contributed by atoms with Crippen LogP contribution in [0, 0.1) is 5.41 Å². The number of piperazine rings is 1. The topological polar surface area (TPSA) is 47.0 Å². The number of aliphatic hydroxyl groups is 1. The van der Waals surface area contributed by atoms with Gasteiger partial charge in [0.1, 0.15) is 0 Å². The van der Waals surface area contributed by atoms with Gasteiger partial charge in [0.05, 0.1) is 12.6 Å². The van der Waals surface area contributed by atoms with Crippen molar-refractivity contribution >= 4 is 5.91 Å². The molecule has 0 spiro atoms. The zero-order valence-electron chi connectivity index (χ0n) is 13.1. The van der Waals surface area contributed by atoms with Crippen molar-refractivity contribution in [2.75, 3.05) is 52.4 Å². The molecule has 0 aromatic heterocycles. The Balaban J connectivity index is 1.68. The van der Waals surface area contributed by atoms with Gasteiger partial charge in [0.25, 0.3) is 0 Å². The van der Waals surface area contributed by atoms with E-state index in [0.29, 0.717) is 6.54 Å². The molecule has 1 N–H and O–H groups in total. The van der Waals surface area contributed by atoms with Gasteiger partial charge in [-0.05, 0) is 11.8 Å².